The number of imide groups is 1. The zero-order valence-corrected chi connectivity index (χ0v) is 23.1. The second kappa shape index (κ2) is 11.0. The lowest BCUT2D eigenvalue weighted by atomic mass is 9.93. The first-order valence-electron chi connectivity index (χ1n) is 13.0. The van der Waals surface area contributed by atoms with E-state index in [0.717, 1.165) is 30.4 Å². The van der Waals surface area contributed by atoms with E-state index in [1.807, 2.05) is 69.3 Å². The maximum absolute atomic E-state index is 13.1. The first kappa shape index (κ1) is 28.2. The van der Waals surface area contributed by atoms with Gasteiger partial charge in [-0.1, -0.05) is 43.3 Å². The third-order valence-electron chi connectivity index (χ3n) is 6.45. The quantitative estimate of drug-likeness (QED) is 0.334. The fourth-order valence-electron chi connectivity index (χ4n) is 4.23. The maximum Gasteiger partial charge on any atom is 0.350 e. The predicted molar refractivity (Wildman–Crippen MR) is 143 cm³/mol. The Balaban J connectivity index is 1.53. The number of aryl methyl sites for hydroxylation is 2. The maximum atomic E-state index is 13.1. The summed E-state index contributed by atoms with van der Waals surface area (Å²) in [5, 5.41) is 2.89. The van der Waals surface area contributed by atoms with Crippen LogP contribution in [-0.2, 0) is 33.7 Å². The van der Waals surface area contributed by atoms with E-state index in [-0.39, 0.29) is 18.5 Å². The van der Waals surface area contributed by atoms with E-state index in [0.29, 0.717) is 12.2 Å². The number of urea groups is 1. The molecular formula is C30H40N2O5. The molecule has 37 heavy (non-hydrogen) atoms. The molecule has 0 aliphatic carbocycles. The molecule has 1 aliphatic heterocycles. The van der Waals surface area contributed by atoms with Gasteiger partial charge in [-0.3, -0.25) is 9.69 Å². The van der Waals surface area contributed by atoms with Crippen LogP contribution in [0.5, 0.6) is 5.75 Å². The van der Waals surface area contributed by atoms with Crippen LogP contribution in [0.15, 0.2) is 48.5 Å². The standard InChI is InChI=1S/C30H40N2O5/c1-8-21-11-13-23(14-12-21)20-32-25(33)30(7,31-27(32)35)19-9-10-22-15-17-24(18-16-22)36-29(5,6)26(34)37-28(2,3)4/h11-18H,8-10,19-20H2,1-7H3,(H,31,35). The van der Waals surface area contributed by atoms with Gasteiger partial charge in [0.15, 0.2) is 5.60 Å². The monoisotopic (exact) mass is 508 g/mol. The van der Waals surface area contributed by atoms with E-state index in [9.17, 15) is 14.4 Å². The first-order chi connectivity index (χ1) is 17.2. The van der Waals surface area contributed by atoms with Crippen molar-refractivity contribution < 1.29 is 23.9 Å². The highest BCUT2D eigenvalue weighted by molar-refractivity contribution is 6.06. The molecule has 0 spiro atoms. The van der Waals surface area contributed by atoms with E-state index in [2.05, 4.69) is 12.2 Å². The first-order valence-corrected chi connectivity index (χ1v) is 13.0. The van der Waals surface area contributed by atoms with E-state index >= 15 is 0 Å². The van der Waals surface area contributed by atoms with Crippen molar-refractivity contribution in [3.8, 4) is 5.75 Å². The smallest absolute Gasteiger partial charge is 0.350 e. The Bertz CT molecular complexity index is 1120. The minimum atomic E-state index is -1.12. The van der Waals surface area contributed by atoms with Gasteiger partial charge < -0.3 is 14.8 Å². The van der Waals surface area contributed by atoms with Crippen molar-refractivity contribution >= 4 is 17.9 Å². The average Bonchev–Trinajstić information content (AvgIpc) is 3.02. The number of amides is 3. The summed E-state index contributed by atoms with van der Waals surface area (Å²) in [6, 6.07) is 15.2. The van der Waals surface area contributed by atoms with Crippen LogP contribution in [0.4, 0.5) is 4.79 Å². The molecule has 0 aromatic heterocycles. The van der Waals surface area contributed by atoms with Gasteiger partial charge in [0.1, 0.15) is 16.9 Å². The number of rotatable bonds is 10. The van der Waals surface area contributed by atoms with Gasteiger partial charge in [-0.05, 0) is 96.0 Å². The Morgan fingerprint density at radius 2 is 1.49 bits per heavy atom. The van der Waals surface area contributed by atoms with E-state index in [1.165, 1.54) is 10.5 Å². The van der Waals surface area contributed by atoms with Crippen LogP contribution in [-0.4, -0.2) is 39.5 Å². The predicted octanol–water partition coefficient (Wildman–Crippen LogP) is 5.58. The summed E-state index contributed by atoms with van der Waals surface area (Å²) in [6.45, 7) is 13.0. The average molecular weight is 509 g/mol. The topological polar surface area (TPSA) is 84.9 Å². The highest BCUT2D eigenvalue weighted by atomic mass is 16.6. The number of esters is 1. The fourth-order valence-corrected chi connectivity index (χ4v) is 4.23. The molecule has 1 unspecified atom stereocenters. The van der Waals surface area contributed by atoms with Gasteiger partial charge in [-0.15, -0.1) is 0 Å². The molecule has 7 nitrogen and oxygen atoms in total. The minimum Gasteiger partial charge on any atom is -0.476 e. The summed E-state index contributed by atoms with van der Waals surface area (Å²) in [5.41, 5.74) is 0.611. The van der Waals surface area contributed by atoms with Crippen LogP contribution in [0.25, 0.3) is 0 Å². The minimum absolute atomic E-state index is 0.190. The molecule has 3 amide bonds. The summed E-state index contributed by atoms with van der Waals surface area (Å²) in [7, 11) is 0. The summed E-state index contributed by atoms with van der Waals surface area (Å²) in [4.78, 5) is 39.4. The number of hydrogen-bond acceptors (Lipinski definition) is 5. The molecule has 1 N–H and O–H groups in total. The molecule has 1 aliphatic rings. The lowest BCUT2D eigenvalue weighted by Gasteiger charge is -2.29. The third kappa shape index (κ3) is 7.34. The Labute approximate surface area is 220 Å². The third-order valence-corrected chi connectivity index (χ3v) is 6.45. The molecule has 3 rings (SSSR count). The number of nitrogens with one attached hydrogen (secondary N) is 1. The van der Waals surface area contributed by atoms with Gasteiger partial charge in [0.05, 0.1) is 6.54 Å². The van der Waals surface area contributed by atoms with Crippen molar-refractivity contribution in [2.75, 3.05) is 0 Å². The van der Waals surface area contributed by atoms with Crippen LogP contribution in [0.3, 0.4) is 0 Å². The van der Waals surface area contributed by atoms with E-state index in [1.54, 1.807) is 20.8 Å². The molecule has 2 aromatic rings. The lowest BCUT2D eigenvalue weighted by Crippen LogP contribution is -2.43. The zero-order chi connectivity index (χ0) is 27.4. The molecule has 1 saturated heterocycles. The summed E-state index contributed by atoms with van der Waals surface area (Å²) < 4.78 is 11.3. The van der Waals surface area contributed by atoms with Crippen molar-refractivity contribution in [2.45, 2.75) is 97.4 Å². The number of benzene rings is 2. The Hall–Kier alpha value is -3.35. The highest BCUT2D eigenvalue weighted by Gasteiger charge is 2.47. The second-order valence-electron chi connectivity index (χ2n) is 11.4. The van der Waals surface area contributed by atoms with Gasteiger partial charge in [0.2, 0.25) is 0 Å². The Kier molecular flexibility index (Phi) is 8.35. The van der Waals surface area contributed by atoms with Gasteiger partial charge in [0, 0.05) is 0 Å². The van der Waals surface area contributed by atoms with Crippen LogP contribution in [0, 0.1) is 0 Å². The molecule has 1 fully saturated rings. The zero-order valence-electron chi connectivity index (χ0n) is 23.1. The lowest BCUT2D eigenvalue weighted by molar-refractivity contribution is -0.170. The molecular weight excluding hydrogens is 468 g/mol. The number of carbonyl (C=O) groups is 3. The highest BCUT2D eigenvalue weighted by Crippen LogP contribution is 2.27. The van der Waals surface area contributed by atoms with Crippen molar-refractivity contribution in [1.82, 2.24) is 10.2 Å². The van der Waals surface area contributed by atoms with Crippen molar-refractivity contribution in [3.05, 3.63) is 65.2 Å². The molecule has 0 radical (unpaired) electrons. The Morgan fingerprint density at radius 1 is 0.919 bits per heavy atom. The van der Waals surface area contributed by atoms with Crippen LogP contribution < -0.4 is 10.1 Å². The molecule has 200 valence electrons. The van der Waals surface area contributed by atoms with E-state index < -0.39 is 22.7 Å². The largest absolute Gasteiger partial charge is 0.476 e. The molecule has 7 heteroatoms. The van der Waals surface area contributed by atoms with Gasteiger partial charge in [-0.2, -0.15) is 0 Å². The number of ether oxygens (including phenoxy) is 2. The Morgan fingerprint density at radius 3 is 2.05 bits per heavy atom. The SMILES string of the molecule is CCc1ccc(CN2C(=O)NC(C)(CCCc3ccc(OC(C)(C)C(=O)OC(C)(C)C)cc3)C2=O)cc1. The van der Waals surface area contributed by atoms with Crippen molar-refractivity contribution in [1.29, 1.82) is 0 Å². The summed E-state index contributed by atoms with van der Waals surface area (Å²) in [5.74, 6) is -0.0368. The molecule has 1 heterocycles. The number of hydrogen-bond donors (Lipinski definition) is 1. The summed E-state index contributed by atoms with van der Waals surface area (Å²) >= 11 is 0. The van der Waals surface area contributed by atoms with Crippen LogP contribution in [0.1, 0.15) is 78.0 Å². The fraction of sp³-hybridized carbons (Fsp3) is 0.500. The number of nitrogens with zero attached hydrogens (tertiary/aromatic N) is 1. The van der Waals surface area contributed by atoms with Crippen LogP contribution >= 0.6 is 0 Å². The van der Waals surface area contributed by atoms with E-state index in [4.69, 9.17) is 9.47 Å². The molecule has 2 aromatic carbocycles. The molecule has 0 bridgehead atoms. The molecule has 1 atom stereocenters. The van der Waals surface area contributed by atoms with Crippen molar-refractivity contribution in [2.24, 2.45) is 0 Å². The summed E-state index contributed by atoms with van der Waals surface area (Å²) in [6.07, 6.45) is 2.95. The second-order valence-corrected chi connectivity index (χ2v) is 11.4. The normalized spacial score (nSPS) is 18.1. The van der Waals surface area contributed by atoms with Gasteiger partial charge in [-0.25, -0.2) is 9.59 Å². The van der Waals surface area contributed by atoms with Crippen LogP contribution in [0.2, 0.25) is 0 Å². The van der Waals surface area contributed by atoms with Gasteiger partial charge >= 0.3 is 12.0 Å². The van der Waals surface area contributed by atoms with Gasteiger partial charge in [0.25, 0.3) is 5.91 Å². The number of carbonyl (C=O) groups excluding carboxylic acids is 3. The van der Waals surface area contributed by atoms with Crippen molar-refractivity contribution in [3.63, 3.8) is 0 Å². The molecule has 0 saturated carbocycles.